The van der Waals surface area contributed by atoms with Crippen molar-refractivity contribution in [2.45, 2.75) is 32.2 Å². The van der Waals surface area contributed by atoms with Crippen molar-refractivity contribution in [3.63, 3.8) is 0 Å². The molecular formula is C26H30N8O2. The molecule has 1 aliphatic carbocycles. The van der Waals surface area contributed by atoms with Gasteiger partial charge >= 0.3 is 0 Å². The molecule has 3 fully saturated rings. The minimum atomic E-state index is -0.360. The van der Waals surface area contributed by atoms with Crippen LogP contribution in [-0.2, 0) is 9.59 Å². The first kappa shape index (κ1) is 22.5. The molecule has 0 spiro atoms. The number of anilines is 4. The fourth-order valence-corrected chi connectivity index (χ4v) is 4.75. The third-order valence-corrected chi connectivity index (χ3v) is 6.94. The van der Waals surface area contributed by atoms with Crippen LogP contribution in [0.5, 0.6) is 0 Å². The van der Waals surface area contributed by atoms with Crippen molar-refractivity contribution in [1.82, 2.24) is 24.8 Å². The maximum absolute atomic E-state index is 12.0. The van der Waals surface area contributed by atoms with Gasteiger partial charge in [-0.05, 0) is 49.7 Å². The molecule has 6 rings (SSSR count). The Morgan fingerprint density at radius 2 is 1.92 bits per heavy atom. The van der Waals surface area contributed by atoms with Crippen molar-refractivity contribution < 1.29 is 9.59 Å². The molecule has 10 nitrogen and oxygen atoms in total. The monoisotopic (exact) mass is 486 g/mol. The summed E-state index contributed by atoms with van der Waals surface area (Å²) in [5, 5.41) is 13.8. The van der Waals surface area contributed by atoms with Gasteiger partial charge in [0.25, 0.3) is 5.91 Å². The lowest BCUT2D eigenvalue weighted by atomic mass is 10.1. The highest BCUT2D eigenvalue weighted by Crippen LogP contribution is 2.32. The zero-order valence-corrected chi connectivity index (χ0v) is 20.3. The Balaban J connectivity index is 1.28. The molecule has 1 saturated carbocycles. The fourth-order valence-electron chi connectivity index (χ4n) is 4.75. The summed E-state index contributed by atoms with van der Waals surface area (Å²) in [4.78, 5) is 33.2. The Morgan fingerprint density at radius 3 is 2.64 bits per heavy atom. The quantitative estimate of drug-likeness (QED) is 0.346. The highest BCUT2D eigenvalue weighted by Gasteiger charge is 2.25. The molecule has 2 amide bonds. The topological polar surface area (TPSA) is 107 Å². The van der Waals surface area contributed by atoms with Gasteiger partial charge in [0, 0.05) is 66.6 Å². The minimum absolute atomic E-state index is 0.0736. The molecule has 0 bridgehead atoms. The number of carbonyl (C=O) groups excluding carboxylic acids is 2. The van der Waals surface area contributed by atoms with Crippen molar-refractivity contribution in [3.05, 3.63) is 47.8 Å². The van der Waals surface area contributed by atoms with Crippen molar-refractivity contribution in [2.24, 2.45) is 0 Å². The first-order valence-electron chi connectivity index (χ1n) is 12.6. The molecule has 2 saturated heterocycles. The van der Waals surface area contributed by atoms with E-state index in [-0.39, 0.29) is 18.2 Å². The number of imide groups is 1. The average molecular weight is 487 g/mol. The first-order chi connectivity index (χ1) is 17.5. The molecule has 36 heavy (non-hydrogen) atoms. The molecule has 2 aromatic heterocycles. The number of amides is 2. The Kier molecular flexibility index (Phi) is 5.80. The third-order valence-electron chi connectivity index (χ3n) is 6.94. The van der Waals surface area contributed by atoms with Crippen LogP contribution in [0, 0.1) is 0 Å². The van der Waals surface area contributed by atoms with E-state index in [9.17, 15) is 9.59 Å². The molecule has 3 aromatic rings. The first-order valence-corrected chi connectivity index (χ1v) is 12.6. The van der Waals surface area contributed by atoms with Gasteiger partial charge in [-0.1, -0.05) is 6.92 Å². The van der Waals surface area contributed by atoms with Crippen LogP contribution >= 0.6 is 0 Å². The molecule has 0 unspecified atom stereocenters. The fraction of sp³-hybridized carbons (Fsp3) is 0.385. The van der Waals surface area contributed by atoms with Gasteiger partial charge < -0.3 is 20.4 Å². The van der Waals surface area contributed by atoms with E-state index in [2.05, 4.69) is 56.0 Å². The van der Waals surface area contributed by atoms with E-state index >= 15 is 0 Å². The number of rotatable bonds is 7. The number of fused-ring (bicyclic) bond motifs is 1. The van der Waals surface area contributed by atoms with Gasteiger partial charge in [-0.3, -0.25) is 14.9 Å². The second kappa shape index (κ2) is 9.27. The number of carbonyl (C=O) groups is 2. The largest absolute Gasteiger partial charge is 0.382 e. The Morgan fingerprint density at radius 1 is 1.11 bits per heavy atom. The zero-order valence-electron chi connectivity index (χ0n) is 20.3. The second-order valence-corrected chi connectivity index (χ2v) is 9.64. The van der Waals surface area contributed by atoms with Crippen LogP contribution in [0.25, 0.3) is 11.7 Å². The van der Waals surface area contributed by atoms with Gasteiger partial charge in [-0.25, -0.2) is 9.50 Å². The number of benzene rings is 1. The lowest BCUT2D eigenvalue weighted by Gasteiger charge is -2.36. The van der Waals surface area contributed by atoms with Gasteiger partial charge in [0.2, 0.25) is 5.91 Å². The van der Waals surface area contributed by atoms with Crippen LogP contribution < -0.4 is 20.9 Å². The maximum atomic E-state index is 12.0. The number of nitrogens with zero attached hydrogens (tertiary/aromatic N) is 5. The van der Waals surface area contributed by atoms with E-state index in [1.54, 1.807) is 16.8 Å². The van der Waals surface area contributed by atoms with E-state index < -0.39 is 0 Å². The summed E-state index contributed by atoms with van der Waals surface area (Å²) in [6.45, 7) is 7.46. The van der Waals surface area contributed by atoms with Crippen LogP contribution in [0.4, 0.5) is 22.9 Å². The third kappa shape index (κ3) is 4.76. The molecule has 0 radical (unpaired) electrons. The predicted octanol–water partition coefficient (Wildman–Crippen LogP) is 2.62. The lowest BCUT2D eigenvalue weighted by Crippen LogP contribution is -2.46. The van der Waals surface area contributed by atoms with Crippen LogP contribution in [0.1, 0.15) is 31.7 Å². The van der Waals surface area contributed by atoms with Crippen LogP contribution in [0.2, 0.25) is 0 Å². The van der Waals surface area contributed by atoms with Crippen molar-refractivity contribution >= 4 is 46.4 Å². The maximum Gasteiger partial charge on any atom is 0.254 e. The van der Waals surface area contributed by atoms with Crippen molar-refractivity contribution in [2.75, 3.05) is 48.3 Å². The predicted molar refractivity (Wildman–Crippen MR) is 139 cm³/mol. The van der Waals surface area contributed by atoms with Gasteiger partial charge in [-0.15, -0.1) is 0 Å². The van der Waals surface area contributed by atoms with Crippen molar-refractivity contribution in [1.29, 1.82) is 0 Å². The number of nitrogens with one attached hydrogen (secondary N) is 3. The van der Waals surface area contributed by atoms with E-state index in [1.165, 1.54) is 18.5 Å². The van der Waals surface area contributed by atoms with Gasteiger partial charge in [0.15, 0.2) is 5.65 Å². The molecule has 10 heteroatoms. The minimum Gasteiger partial charge on any atom is -0.382 e. The Bertz CT molecular complexity index is 1350. The SMILES string of the molecule is CCN1CCN(c2cc(Nc3ccn4ncc(/C=C5/CC(=O)NC5=O)c4n3)cc(NC3CC3)c2)CC1. The number of hydrogen-bond acceptors (Lipinski definition) is 8. The van der Waals surface area contributed by atoms with Crippen molar-refractivity contribution in [3.8, 4) is 0 Å². The van der Waals surface area contributed by atoms with E-state index in [1.807, 2.05) is 12.3 Å². The molecule has 3 N–H and O–H groups in total. The molecule has 1 aromatic carbocycles. The summed E-state index contributed by atoms with van der Waals surface area (Å²) in [5.74, 6) is 0.0328. The average Bonchev–Trinajstić information content (AvgIpc) is 3.52. The molecular weight excluding hydrogens is 456 g/mol. The number of likely N-dealkylation sites (N-methyl/N-ethyl adjacent to an activating group) is 1. The summed E-state index contributed by atoms with van der Waals surface area (Å²) in [6, 6.07) is 8.99. The summed E-state index contributed by atoms with van der Waals surface area (Å²) in [7, 11) is 0. The lowest BCUT2D eigenvalue weighted by molar-refractivity contribution is -0.124. The second-order valence-electron chi connectivity index (χ2n) is 9.64. The molecule has 3 aliphatic rings. The number of piperazine rings is 1. The summed E-state index contributed by atoms with van der Waals surface area (Å²) in [5.41, 5.74) is 5.00. The molecule has 4 heterocycles. The van der Waals surface area contributed by atoms with Crippen LogP contribution in [0.15, 0.2) is 42.2 Å². The summed E-state index contributed by atoms with van der Waals surface area (Å²) < 4.78 is 1.66. The smallest absolute Gasteiger partial charge is 0.254 e. The molecule has 186 valence electrons. The van der Waals surface area contributed by atoms with E-state index in [0.29, 0.717) is 28.6 Å². The summed E-state index contributed by atoms with van der Waals surface area (Å²) >= 11 is 0. The Labute approximate surface area is 209 Å². The van der Waals surface area contributed by atoms with Gasteiger partial charge in [-0.2, -0.15) is 5.10 Å². The van der Waals surface area contributed by atoms with Crippen LogP contribution in [0.3, 0.4) is 0 Å². The molecule has 2 aliphatic heterocycles. The highest BCUT2D eigenvalue weighted by molar-refractivity contribution is 6.15. The zero-order chi connectivity index (χ0) is 24.6. The summed E-state index contributed by atoms with van der Waals surface area (Å²) in [6.07, 6.45) is 7.68. The number of hydrogen-bond donors (Lipinski definition) is 3. The number of aromatic nitrogens is 3. The standard InChI is InChI=1S/C26H30N8O2/c1-2-32-7-9-33(10-8-32)22-14-20(28-19-3-4-19)13-21(15-22)29-23-5-6-34-25(30-23)18(16-27-34)11-17-12-24(35)31-26(17)36/h5-6,11,13-16,19,28H,2-4,7-10,12H2,1H3,(H,29,30)(H,31,35,36)/b17-11-. The van der Waals surface area contributed by atoms with Gasteiger partial charge in [0.05, 0.1) is 12.6 Å². The van der Waals surface area contributed by atoms with E-state index in [4.69, 9.17) is 4.98 Å². The van der Waals surface area contributed by atoms with E-state index in [0.717, 1.165) is 44.1 Å². The Hall–Kier alpha value is -3.92. The molecule has 0 atom stereocenters. The highest BCUT2D eigenvalue weighted by atomic mass is 16.2. The van der Waals surface area contributed by atoms with Gasteiger partial charge in [0.1, 0.15) is 5.82 Å². The van der Waals surface area contributed by atoms with Crippen LogP contribution in [-0.4, -0.2) is 70.1 Å². The normalized spacial score (nSPS) is 19.8.